The van der Waals surface area contributed by atoms with E-state index in [0.29, 0.717) is 12.4 Å². The van der Waals surface area contributed by atoms with Crippen LogP contribution >= 0.6 is 0 Å². The lowest BCUT2D eigenvalue weighted by Gasteiger charge is -2.10. The summed E-state index contributed by atoms with van der Waals surface area (Å²) in [6.07, 6.45) is 2.53. The van der Waals surface area contributed by atoms with Crippen LogP contribution in [0.25, 0.3) is 0 Å². The first-order chi connectivity index (χ1) is 8.66. The molecule has 1 aromatic heterocycles. The normalized spacial score (nSPS) is 12.2. The lowest BCUT2D eigenvalue weighted by molar-refractivity contribution is 0.194. The van der Waals surface area contributed by atoms with Gasteiger partial charge in [0.2, 0.25) is 0 Å². The molecule has 1 aromatic carbocycles. The van der Waals surface area contributed by atoms with Gasteiger partial charge in [0.05, 0.1) is 6.10 Å². The largest absolute Gasteiger partial charge is 0.489 e. The van der Waals surface area contributed by atoms with E-state index in [1.165, 1.54) is 19.1 Å². The van der Waals surface area contributed by atoms with Crippen molar-refractivity contribution in [1.82, 2.24) is 4.98 Å². The quantitative estimate of drug-likeness (QED) is 0.903. The summed E-state index contributed by atoms with van der Waals surface area (Å²) in [5.74, 6) is -0.0223. The van der Waals surface area contributed by atoms with Crippen LogP contribution in [0.4, 0.5) is 4.39 Å². The zero-order valence-electron chi connectivity index (χ0n) is 10.0. The first-order valence-electron chi connectivity index (χ1n) is 5.66. The summed E-state index contributed by atoms with van der Waals surface area (Å²) in [6, 6.07) is 8.12. The molecule has 0 spiro atoms. The predicted molar refractivity (Wildman–Crippen MR) is 65.6 cm³/mol. The van der Waals surface area contributed by atoms with Crippen molar-refractivity contribution >= 4 is 0 Å². The molecule has 0 saturated carbocycles. The van der Waals surface area contributed by atoms with E-state index in [1.54, 1.807) is 18.5 Å². The monoisotopic (exact) mass is 247 g/mol. The molecular weight excluding hydrogens is 233 g/mol. The van der Waals surface area contributed by atoms with Gasteiger partial charge in [-0.1, -0.05) is 0 Å². The lowest BCUT2D eigenvalue weighted by Crippen LogP contribution is -1.99. The second-order valence-corrected chi connectivity index (χ2v) is 4.00. The Morgan fingerprint density at radius 1 is 1.28 bits per heavy atom. The molecule has 4 heteroatoms. The summed E-state index contributed by atoms with van der Waals surface area (Å²) in [7, 11) is 0. The Balaban J connectivity index is 2.05. The summed E-state index contributed by atoms with van der Waals surface area (Å²) >= 11 is 0. The summed E-state index contributed by atoms with van der Waals surface area (Å²) in [4.78, 5) is 3.90. The number of ether oxygens (including phenoxy) is 1. The number of halogens is 1. The third-order valence-corrected chi connectivity index (χ3v) is 2.58. The van der Waals surface area contributed by atoms with Crippen molar-refractivity contribution in [3.05, 3.63) is 59.7 Å². The van der Waals surface area contributed by atoms with E-state index >= 15 is 0 Å². The Morgan fingerprint density at radius 3 is 2.61 bits per heavy atom. The highest BCUT2D eigenvalue weighted by atomic mass is 19.1. The maximum atomic E-state index is 13.6. The van der Waals surface area contributed by atoms with Gasteiger partial charge in [-0.2, -0.15) is 0 Å². The number of hydrogen-bond acceptors (Lipinski definition) is 3. The van der Waals surface area contributed by atoms with E-state index < -0.39 is 11.9 Å². The summed E-state index contributed by atoms with van der Waals surface area (Å²) in [5, 5.41) is 9.32. The van der Waals surface area contributed by atoms with Crippen molar-refractivity contribution < 1.29 is 14.2 Å². The minimum Gasteiger partial charge on any atom is -0.489 e. The second kappa shape index (κ2) is 5.60. The van der Waals surface area contributed by atoms with Gasteiger partial charge in [-0.15, -0.1) is 0 Å². The molecule has 0 aliphatic heterocycles. The van der Waals surface area contributed by atoms with Gasteiger partial charge in [0, 0.05) is 24.0 Å². The van der Waals surface area contributed by atoms with E-state index in [9.17, 15) is 9.50 Å². The number of rotatable bonds is 4. The Labute approximate surface area is 105 Å². The van der Waals surface area contributed by atoms with Gasteiger partial charge in [-0.05, 0) is 36.8 Å². The van der Waals surface area contributed by atoms with E-state index in [2.05, 4.69) is 4.98 Å². The number of aliphatic hydroxyl groups excluding tert-OH is 1. The van der Waals surface area contributed by atoms with E-state index in [-0.39, 0.29) is 5.56 Å². The standard InChI is InChI=1S/C14H14FNO2/c1-10(17)13-3-2-12(8-14(13)15)18-9-11-4-6-16-7-5-11/h2-8,10,17H,9H2,1H3/t10-/m0/s1. The molecule has 0 aliphatic carbocycles. The lowest BCUT2D eigenvalue weighted by atomic mass is 10.1. The van der Waals surface area contributed by atoms with Gasteiger partial charge in [-0.25, -0.2) is 4.39 Å². The Bertz CT molecular complexity index is 514. The third-order valence-electron chi connectivity index (χ3n) is 2.58. The molecule has 1 atom stereocenters. The van der Waals surface area contributed by atoms with Crippen molar-refractivity contribution in [3.63, 3.8) is 0 Å². The smallest absolute Gasteiger partial charge is 0.132 e. The number of aliphatic hydroxyl groups is 1. The highest BCUT2D eigenvalue weighted by Crippen LogP contribution is 2.22. The Morgan fingerprint density at radius 2 is 2.00 bits per heavy atom. The van der Waals surface area contributed by atoms with Gasteiger partial charge >= 0.3 is 0 Å². The zero-order valence-corrected chi connectivity index (χ0v) is 10.0. The molecule has 2 aromatic rings. The van der Waals surface area contributed by atoms with Crippen molar-refractivity contribution in [2.24, 2.45) is 0 Å². The Hall–Kier alpha value is -1.94. The third kappa shape index (κ3) is 3.05. The maximum Gasteiger partial charge on any atom is 0.132 e. The van der Waals surface area contributed by atoms with Crippen LogP contribution in [-0.4, -0.2) is 10.1 Å². The average molecular weight is 247 g/mol. The van der Waals surface area contributed by atoms with Gasteiger partial charge in [0.15, 0.2) is 0 Å². The van der Waals surface area contributed by atoms with Crippen LogP contribution in [0.3, 0.4) is 0 Å². The SMILES string of the molecule is C[C@H](O)c1ccc(OCc2ccncc2)cc1F. The fraction of sp³-hybridized carbons (Fsp3) is 0.214. The molecular formula is C14H14FNO2. The molecule has 0 saturated heterocycles. The van der Waals surface area contributed by atoms with Crippen LogP contribution in [-0.2, 0) is 6.61 Å². The van der Waals surface area contributed by atoms with Crippen LogP contribution in [0.2, 0.25) is 0 Å². The van der Waals surface area contributed by atoms with Crippen molar-refractivity contribution in [1.29, 1.82) is 0 Å². The molecule has 0 fully saturated rings. The minimum atomic E-state index is -0.820. The summed E-state index contributed by atoms with van der Waals surface area (Å²) in [5.41, 5.74) is 1.23. The van der Waals surface area contributed by atoms with Crippen molar-refractivity contribution in [3.8, 4) is 5.75 Å². The first-order valence-corrected chi connectivity index (χ1v) is 5.66. The van der Waals surface area contributed by atoms with E-state index in [4.69, 9.17) is 4.74 Å². The minimum absolute atomic E-state index is 0.270. The van der Waals surface area contributed by atoms with Crippen molar-refractivity contribution in [2.45, 2.75) is 19.6 Å². The van der Waals surface area contributed by atoms with Gasteiger partial charge in [0.25, 0.3) is 0 Å². The van der Waals surface area contributed by atoms with Crippen LogP contribution < -0.4 is 4.74 Å². The predicted octanol–water partition coefficient (Wildman–Crippen LogP) is 2.85. The van der Waals surface area contributed by atoms with Crippen molar-refractivity contribution in [2.75, 3.05) is 0 Å². The topological polar surface area (TPSA) is 42.4 Å². The Kier molecular flexibility index (Phi) is 3.89. The highest BCUT2D eigenvalue weighted by molar-refractivity contribution is 5.30. The van der Waals surface area contributed by atoms with E-state index in [0.717, 1.165) is 5.56 Å². The fourth-order valence-electron chi connectivity index (χ4n) is 1.58. The molecule has 2 rings (SSSR count). The number of nitrogens with zero attached hydrogens (tertiary/aromatic N) is 1. The maximum absolute atomic E-state index is 13.6. The zero-order chi connectivity index (χ0) is 13.0. The van der Waals surface area contributed by atoms with Crippen LogP contribution in [0.5, 0.6) is 5.75 Å². The molecule has 3 nitrogen and oxygen atoms in total. The summed E-state index contributed by atoms with van der Waals surface area (Å²) < 4.78 is 19.0. The molecule has 0 radical (unpaired) electrons. The van der Waals surface area contributed by atoms with Gasteiger partial charge in [0.1, 0.15) is 18.2 Å². The first kappa shape index (κ1) is 12.5. The number of hydrogen-bond donors (Lipinski definition) is 1. The number of pyridine rings is 1. The van der Waals surface area contributed by atoms with E-state index in [1.807, 2.05) is 12.1 Å². The molecule has 1 N–H and O–H groups in total. The second-order valence-electron chi connectivity index (χ2n) is 4.00. The summed E-state index contributed by atoms with van der Waals surface area (Å²) in [6.45, 7) is 1.88. The van der Waals surface area contributed by atoms with Crippen LogP contribution in [0.15, 0.2) is 42.7 Å². The molecule has 0 amide bonds. The molecule has 1 heterocycles. The van der Waals surface area contributed by atoms with Crippen LogP contribution in [0.1, 0.15) is 24.2 Å². The fourth-order valence-corrected chi connectivity index (χ4v) is 1.58. The highest BCUT2D eigenvalue weighted by Gasteiger charge is 2.08. The molecule has 0 bridgehead atoms. The number of benzene rings is 1. The number of aromatic nitrogens is 1. The van der Waals surface area contributed by atoms with Gasteiger partial charge < -0.3 is 9.84 Å². The van der Waals surface area contributed by atoms with Gasteiger partial charge in [-0.3, -0.25) is 4.98 Å². The van der Waals surface area contributed by atoms with Crippen LogP contribution in [0, 0.1) is 5.82 Å². The molecule has 18 heavy (non-hydrogen) atoms. The molecule has 94 valence electrons. The molecule has 0 unspecified atom stereocenters. The molecule has 0 aliphatic rings. The average Bonchev–Trinajstić information content (AvgIpc) is 2.37.